The molecule has 0 aliphatic carbocycles. The molecular weight excluding hydrogens is 480 g/mol. The number of hydrogen-bond acceptors (Lipinski definition) is 6. The molecule has 1 aliphatic rings. The molecule has 0 bridgehead atoms. The highest BCUT2D eigenvalue weighted by Gasteiger charge is 2.36. The van der Waals surface area contributed by atoms with E-state index in [1.165, 1.54) is 30.3 Å². The van der Waals surface area contributed by atoms with E-state index < -0.39 is 23.8 Å². The maximum Gasteiger partial charge on any atom is 0.338 e. The van der Waals surface area contributed by atoms with Crippen LogP contribution in [-0.4, -0.2) is 37.0 Å². The van der Waals surface area contributed by atoms with Crippen molar-refractivity contribution in [3.05, 3.63) is 63.6 Å². The Balaban J connectivity index is 1.88. The fourth-order valence-electron chi connectivity index (χ4n) is 2.96. The average molecular weight is 501 g/mol. The van der Waals surface area contributed by atoms with E-state index in [0.29, 0.717) is 22.4 Å². The molecule has 2 aromatic carbocycles. The highest BCUT2D eigenvalue weighted by Crippen LogP contribution is 2.28. The van der Waals surface area contributed by atoms with Gasteiger partial charge in [0.25, 0.3) is 11.8 Å². The monoisotopic (exact) mass is 500 g/mol. The summed E-state index contributed by atoms with van der Waals surface area (Å²) in [5.41, 5.74) is 0.866. The molecule has 0 aromatic heterocycles. The molecule has 0 spiro atoms. The summed E-state index contributed by atoms with van der Waals surface area (Å²) < 4.78 is 11.2. The minimum Gasteiger partial charge on any atom is -0.492 e. The molecule has 9 heteroatoms. The van der Waals surface area contributed by atoms with Crippen molar-refractivity contribution in [2.24, 2.45) is 0 Å². The Morgan fingerprint density at radius 1 is 1.09 bits per heavy atom. The zero-order valence-electron chi connectivity index (χ0n) is 17.5. The van der Waals surface area contributed by atoms with Gasteiger partial charge in [0.05, 0.1) is 28.9 Å². The number of benzene rings is 2. The predicted molar refractivity (Wildman–Crippen MR) is 121 cm³/mol. The normalized spacial score (nSPS) is 15.0. The molecule has 3 rings (SSSR count). The third kappa shape index (κ3) is 5.05. The molecule has 1 saturated heterocycles. The smallest absolute Gasteiger partial charge is 0.338 e. The topological polar surface area (TPSA) is 102 Å². The van der Waals surface area contributed by atoms with Gasteiger partial charge in [-0.3, -0.25) is 14.9 Å². The lowest BCUT2D eigenvalue weighted by atomic mass is 10.1. The quantitative estimate of drug-likeness (QED) is 0.349. The first-order valence-corrected chi connectivity index (χ1v) is 10.8. The molecular formula is C23H21BrN2O6. The molecule has 1 aliphatic heterocycles. The minimum absolute atomic E-state index is 0.201. The van der Waals surface area contributed by atoms with Gasteiger partial charge in [-0.2, -0.15) is 0 Å². The van der Waals surface area contributed by atoms with Gasteiger partial charge in [-0.15, -0.1) is 0 Å². The number of carbonyl (C=O) groups excluding carboxylic acids is 4. The maximum atomic E-state index is 13.0. The molecule has 166 valence electrons. The van der Waals surface area contributed by atoms with E-state index in [2.05, 4.69) is 21.2 Å². The van der Waals surface area contributed by atoms with Crippen molar-refractivity contribution in [2.45, 2.75) is 20.3 Å². The molecule has 1 fully saturated rings. The van der Waals surface area contributed by atoms with Crippen molar-refractivity contribution in [2.75, 3.05) is 18.1 Å². The van der Waals surface area contributed by atoms with Crippen molar-refractivity contribution >= 4 is 51.5 Å². The van der Waals surface area contributed by atoms with E-state index in [4.69, 9.17) is 9.47 Å². The molecule has 1 N–H and O–H groups in total. The number of esters is 1. The van der Waals surface area contributed by atoms with Crippen molar-refractivity contribution < 1.29 is 28.7 Å². The third-order valence-corrected chi connectivity index (χ3v) is 5.09. The van der Waals surface area contributed by atoms with Gasteiger partial charge in [0.15, 0.2) is 0 Å². The van der Waals surface area contributed by atoms with Crippen LogP contribution in [-0.2, 0) is 14.3 Å². The molecule has 0 unspecified atom stereocenters. The molecule has 0 saturated carbocycles. The van der Waals surface area contributed by atoms with Gasteiger partial charge in [0.2, 0.25) is 0 Å². The number of carbonyl (C=O) groups is 4. The SMILES string of the molecule is CCCOc1ccc(/C=C2\C(=O)NC(=O)N(c3ccc(C(=O)OCC)cc3)C2=O)cc1Br. The third-order valence-electron chi connectivity index (χ3n) is 4.47. The summed E-state index contributed by atoms with van der Waals surface area (Å²) in [6.45, 7) is 4.48. The molecule has 4 amide bonds. The lowest BCUT2D eigenvalue weighted by Gasteiger charge is -2.26. The fraction of sp³-hybridized carbons (Fsp3) is 0.217. The summed E-state index contributed by atoms with van der Waals surface area (Å²) in [5, 5.41) is 2.17. The lowest BCUT2D eigenvalue weighted by molar-refractivity contribution is -0.122. The number of imide groups is 2. The van der Waals surface area contributed by atoms with E-state index in [9.17, 15) is 19.2 Å². The first kappa shape index (κ1) is 23.2. The van der Waals surface area contributed by atoms with Crippen LogP contribution in [0.15, 0.2) is 52.5 Å². The second kappa shape index (κ2) is 10.2. The summed E-state index contributed by atoms with van der Waals surface area (Å²) in [7, 11) is 0. The van der Waals surface area contributed by atoms with Crippen molar-refractivity contribution in [3.63, 3.8) is 0 Å². The van der Waals surface area contributed by atoms with Crippen LogP contribution in [0.3, 0.4) is 0 Å². The Hall–Kier alpha value is -3.46. The standard InChI is InChI=1S/C23H21BrN2O6/c1-3-11-32-19-10-5-14(13-18(19)24)12-17-20(27)25-23(30)26(21(17)28)16-8-6-15(7-9-16)22(29)31-4-2/h5-10,12-13H,3-4,11H2,1-2H3,(H,25,27,30)/b17-12+. The Morgan fingerprint density at radius 3 is 2.44 bits per heavy atom. The molecule has 2 aromatic rings. The van der Waals surface area contributed by atoms with Crippen LogP contribution < -0.4 is 15.0 Å². The van der Waals surface area contributed by atoms with Gasteiger partial charge in [-0.05, 0) is 77.3 Å². The van der Waals surface area contributed by atoms with Crippen molar-refractivity contribution in [1.29, 1.82) is 0 Å². The average Bonchev–Trinajstić information content (AvgIpc) is 2.76. The van der Waals surface area contributed by atoms with Gasteiger partial charge in [-0.25, -0.2) is 14.5 Å². The highest BCUT2D eigenvalue weighted by atomic mass is 79.9. The summed E-state index contributed by atoms with van der Waals surface area (Å²) >= 11 is 3.42. The first-order chi connectivity index (χ1) is 15.3. The fourth-order valence-corrected chi connectivity index (χ4v) is 3.47. The predicted octanol–water partition coefficient (Wildman–Crippen LogP) is 4.08. The van der Waals surface area contributed by atoms with Gasteiger partial charge < -0.3 is 9.47 Å². The zero-order valence-corrected chi connectivity index (χ0v) is 19.1. The summed E-state index contributed by atoms with van der Waals surface area (Å²) in [4.78, 5) is 50.4. The minimum atomic E-state index is -0.870. The highest BCUT2D eigenvalue weighted by molar-refractivity contribution is 9.10. The maximum absolute atomic E-state index is 13.0. The Bertz CT molecular complexity index is 1090. The number of ether oxygens (including phenoxy) is 2. The molecule has 8 nitrogen and oxygen atoms in total. The summed E-state index contributed by atoms with van der Waals surface area (Å²) in [6.07, 6.45) is 2.26. The van der Waals surface area contributed by atoms with Crippen LogP contribution in [0, 0.1) is 0 Å². The first-order valence-electron chi connectivity index (χ1n) is 9.96. The zero-order chi connectivity index (χ0) is 23.3. The second-order valence-electron chi connectivity index (χ2n) is 6.76. The number of urea groups is 1. The van der Waals surface area contributed by atoms with Gasteiger partial charge >= 0.3 is 12.0 Å². The largest absolute Gasteiger partial charge is 0.492 e. The number of barbiturate groups is 1. The number of nitrogens with one attached hydrogen (secondary N) is 1. The number of rotatable bonds is 7. The van der Waals surface area contributed by atoms with E-state index in [1.54, 1.807) is 25.1 Å². The number of halogens is 1. The van der Waals surface area contributed by atoms with Gasteiger partial charge in [0.1, 0.15) is 11.3 Å². The van der Waals surface area contributed by atoms with E-state index in [0.717, 1.165) is 11.3 Å². The summed E-state index contributed by atoms with van der Waals surface area (Å²) in [6, 6.07) is 10.0. The van der Waals surface area contributed by atoms with Crippen LogP contribution in [0.4, 0.5) is 10.5 Å². The van der Waals surface area contributed by atoms with Crippen LogP contribution in [0.25, 0.3) is 6.08 Å². The van der Waals surface area contributed by atoms with E-state index in [-0.39, 0.29) is 23.4 Å². The van der Waals surface area contributed by atoms with Crippen molar-refractivity contribution in [1.82, 2.24) is 5.32 Å². The Labute approximate surface area is 193 Å². The number of nitrogens with zero attached hydrogens (tertiary/aromatic N) is 1. The van der Waals surface area contributed by atoms with Crippen LogP contribution in [0.2, 0.25) is 0 Å². The molecule has 0 atom stereocenters. The number of amides is 4. The van der Waals surface area contributed by atoms with Gasteiger partial charge in [-0.1, -0.05) is 13.0 Å². The van der Waals surface area contributed by atoms with Crippen LogP contribution in [0.1, 0.15) is 36.2 Å². The van der Waals surface area contributed by atoms with Crippen LogP contribution >= 0.6 is 15.9 Å². The summed E-state index contributed by atoms with van der Waals surface area (Å²) in [5.74, 6) is -1.43. The molecule has 0 radical (unpaired) electrons. The molecule has 1 heterocycles. The van der Waals surface area contributed by atoms with Crippen molar-refractivity contribution in [3.8, 4) is 5.75 Å². The van der Waals surface area contributed by atoms with E-state index >= 15 is 0 Å². The van der Waals surface area contributed by atoms with Gasteiger partial charge in [0, 0.05) is 0 Å². The Morgan fingerprint density at radius 2 is 1.81 bits per heavy atom. The lowest BCUT2D eigenvalue weighted by Crippen LogP contribution is -2.54. The number of hydrogen-bond donors (Lipinski definition) is 1. The molecule has 32 heavy (non-hydrogen) atoms. The van der Waals surface area contributed by atoms with E-state index in [1.807, 2.05) is 6.92 Å². The van der Waals surface area contributed by atoms with Crippen LogP contribution in [0.5, 0.6) is 5.75 Å². The number of anilines is 1. The Kier molecular flexibility index (Phi) is 7.42. The second-order valence-corrected chi connectivity index (χ2v) is 7.62.